The van der Waals surface area contributed by atoms with Gasteiger partial charge < -0.3 is 9.64 Å². The summed E-state index contributed by atoms with van der Waals surface area (Å²) in [6, 6.07) is 0. The highest BCUT2D eigenvalue weighted by molar-refractivity contribution is 7.86. The van der Waals surface area contributed by atoms with Crippen molar-refractivity contribution in [2.45, 2.75) is 10.9 Å². The number of aromatic nitrogens is 3. The molecule has 6 nitrogen and oxygen atoms in total. The van der Waals surface area contributed by atoms with Crippen molar-refractivity contribution < 1.29 is 8.95 Å². The van der Waals surface area contributed by atoms with E-state index in [-0.39, 0.29) is 0 Å². The fourth-order valence-corrected chi connectivity index (χ4v) is 3.20. The Labute approximate surface area is 111 Å². The number of hydrogen-bond acceptors (Lipinski definition) is 7. The number of fused-ring (bicyclic) bond motifs is 1. The van der Waals surface area contributed by atoms with E-state index in [9.17, 15) is 4.21 Å². The van der Waals surface area contributed by atoms with Crippen LogP contribution in [0.5, 0.6) is 0 Å². The van der Waals surface area contributed by atoms with Crippen LogP contribution in [0.15, 0.2) is 4.34 Å². The van der Waals surface area contributed by atoms with Crippen molar-refractivity contribution in [2.75, 3.05) is 32.4 Å². The normalized spacial score (nSPS) is 12.9. The van der Waals surface area contributed by atoms with Gasteiger partial charge in [-0.3, -0.25) is 4.21 Å². The third-order valence-electron chi connectivity index (χ3n) is 2.21. The van der Waals surface area contributed by atoms with Crippen molar-refractivity contribution in [3.05, 3.63) is 5.82 Å². The van der Waals surface area contributed by atoms with Crippen molar-refractivity contribution >= 4 is 38.3 Å². The minimum Gasteiger partial charge on any atom is -0.377 e. The summed E-state index contributed by atoms with van der Waals surface area (Å²) < 4.78 is 17.9. The molecule has 1 atom stereocenters. The zero-order chi connectivity index (χ0) is 13.3. The van der Waals surface area contributed by atoms with Gasteiger partial charge >= 0.3 is 0 Å². The lowest BCUT2D eigenvalue weighted by Crippen LogP contribution is -2.13. The molecule has 0 saturated carbocycles. The molecule has 0 amide bonds. The summed E-state index contributed by atoms with van der Waals surface area (Å²) in [4.78, 5) is 14.9. The van der Waals surface area contributed by atoms with E-state index in [4.69, 9.17) is 4.74 Å². The number of hydrogen-bond donors (Lipinski definition) is 0. The fraction of sp³-hybridized carbons (Fsp3) is 0.500. The number of nitrogens with zero attached hydrogens (tertiary/aromatic N) is 4. The maximum Gasteiger partial charge on any atom is 0.183 e. The van der Waals surface area contributed by atoms with Crippen LogP contribution >= 0.6 is 11.3 Å². The van der Waals surface area contributed by atoms with Crippen LogP contribution in [0.25, 0.3) is 10.3 Å². The molecule has 0 aliphatic carbocycles. The van der Waals surface area contributed by atoms with E-state index in [1.54, 1.807) is 13.4 Å². The largest absolute Gasteiger partial charge is 0.377 e. The fourth-order valence-electron chi connectivity index (χ4n) is 1.45. The Kier molecular flexibility index (Phi) is 3.88. The van der Waals surface area contributed by atoms with Crippen LogP contribution in [0, 0.1) is 0 Å². The van der Waals surface area contributed by atoms with Crippen LogP contribution < -0.4 is 4.90 Å². The number of thiazole rings is 1. The number of ether oxygens (including phenoxy) is 1. The molecule has 0 aromatic carbocycles. The second-order valence-corrected chi connectivity index (χ2v) is 6.43. The lowest BCUT2D eigenvalue weighted by Gasteiger charge is -2.12. The van der Waals surface area contributed by atoms with Crippen LogP contribution in [0.1, 0.15) is 5.82 Å². The zero-order valence-corrected chi connectivity index (χ0v) is 12.3. The zero-order valence-electron chi connectivity index (χ0n) is 10.6. The van der Waals surface area contributed by atoms with Gasteiger partial charge in [0, 0.05) is 27.5 Å². The molecule has 0 bridgehead atoms. The third kappa shape index (κ3) is 2.50. The summed E-state index contributed by atoms with van der Waals surface area (Å²) in [5, 5.41) is 0. The van der Waals surface area contributed by atoms with Crippen LogP contribution in [-0.2, 0) is 22.1 Å². The first kappa shape index (κ1) is 13.3. The highest BCUT2D eigenvalue weighted by Gasteiger charge is 2.16. The summed E-state index contributed by atoms with van der Waals surface area (Å²) in [6.45, 7) is 0.332. The molecule has 0 spiro atoms. The Bertz CT molecular complexity index is 597. The summed E-state index contributed by atoms with van der Waals surface area (Å²) in [7, 11) is 4.30. The smallest absolute Gasteiger partial charge is 0.183 e. The SMILES string of the molecule is COCc1nc(N(C)C)c2sc(S(C)=O)nc2n1. The van der Waals surface area contributed by atoms with Crippen LogP contribution in [0.2, 0.25) is 0 Å². The monoisotopic (exact) mass is 286 g/mol. The van der Waals surface area contributed by atoms with Crippen molar-refractivity contribution in [3.8, 4) is 0 Å². The second-order valence-electron chi connectivity index (χ2n) is 3.88. The van der Waals surface area contributed by atoms with Crippen molar-refractivity contribution in [2.24, 2.45) is 0 Å². The second kappa shape index (κ2) is 5.25. The van der Waals surface area contributed by atoms with Gasteiger partial charge in [-0.25, -0.2) is 15.0 Å². The van der Waals surface area contributed by atoms with E-state index in [0.29, 0.717) is 22.4 Å². The van der Waals surface area contributed by atoms with Gasteiger partial charge in [-0.1, -0.05) is 11.3 Å². The Morgan fingerprint density at radius 2 is 2.06 bits per heavy atom. The molecule has 18 heavy (non-hydrogen) atoms. The van der Waals surface area contributed by atoms with Gasteiger partial charge in [0.2, 0.25) is 0 Å². The highest BCUT2D eigenvalue weighted by atomic mass is 32.2. The highest BCUT2D eigenvalue weighted by Crippen LogP contribution is 2.29. The Hall–Kier alpha value is -1.12. The molecule has 0 aliphatic heterocycles. The molecule has 2 aromatic heterocycles. The van der Waals surface area contributed by atoms with Gasteiger partial charge in [-0.15, -0.1) is 0 Å². The molecule has 98 valence electrons. The molecule has 0 radical (unpaired) electrons. The topological polar surface area (TPSA) is 68.2 Å². The first-order valence-corrected chi connectivity index (χ1v) is 7.57. The molecule has 0 N–H and O–H groups in total. The third-order valence-corrected chi connectivity index (χ3v) is 4.58. The van der Waals surface area contributed by atoms with Crippen molar-refractivity contribution in [1.29, 1.82) is 0 Å². The van der Waals surface area contributed by atoms with Gasteiger partial charge in [0.15, 0.2) is 21.6 Å². The Balaban J connectivity index is 2.65. The maximum absolute atomic E-state index is 11.5. The van der Waals surface area contributed by atoms with Gasteiger partial charge in [0.1, 0.15) is 11.3 Å². The molecular formula is C10H14N4O2S2. The number of rotatable bonds is 4. The number of methoxy groups -OCH3 is 1. The minimum atomic E-state index is -1.10. The van der Waals surface area contributed by atoms with Crippen molar-refractivity contribution in [1.82, 2.24) is 15.0 Å². The lowest BCUT2D eigenvalue weighted by molar-refractivity contribution is 0.178. The minimum absolute atomic E-state index is 0.332. The average molecular weight is 286 g/mol. The summed E-state index contributed by atoms with van der Waals surface area (Å²) >= 11 is 1.37. The van der Waals surface area contributed by atoms with Gasteiger partial charge in [0.25, 0.3) is 0 Å². The van der Waals surface area contributed by atoms with E-state index < -0.39 is 10.8 Å². The van der Waals surface area contributed by atoms with Gasteiger partial charge in [0.05, 0.1) is 10.8 Å². The summed E-state index contributed by atoms with van der Waals surface area (Å²) in [5.74, 6) is 1.36. The first-order valence-electron chi connectivity index (χ1n) is 5.20. The van der Waals surface area contributed by atoms with E-state index >= 15 is 0 Å². The molecule has 2 aromatic rings. The quantitative estimate of drug-likeness (QED) is 0.836. The Morgan fingerprint density at radius 1 is 1.33 bits per heavy atom. The predicted molar refractivity (Wildman–Crippen MR) is 72.6 cm³/mol. The van der Waals surface area contributed by atoms with Gasteiger partial charge in [-0.2, -0.15) is 0 Å². The molecular weight excluding hydrogens is 272 g/mol. The van der Waals surface area contributed by atoms with Gasteiger partial charge in [-0.05, 0) is 0 Å². The molecule has 2 rings (SSSR count). The van der Waals surface area contributed by atoms with E-state index in [0.717, 1.165) is 10.5 Å². The molecule has 8 heteroatoms. The molecule has 0 saturated heterocycles. The predicted octanol–water partition coefficient (Wildman–Crippen LogP) is 1.04. The van der Waals surface area contributed by atoms with Crippen LogP contribution in [0.4, 0.5) is 5.82 Å². The summed E-state index contributed by atoms with van der Waals surface area (Å²) in [5.41, 5.74) is 0.580. The molecule has 2 heterocycles. The summed E-state index contributed by atoms with van der Waals surface area (Å²) in [6.07, 6.45) is 1.61. The lowest BCUT2D eigenvalue weighted by atomic mass is 10.5. The van der Waals surface area contributed by atoms with Crippen LogP contribution in [0.3, 0.4) is 0 Å². The Morgan fingerprint density at radius 3 is 2.61 bits per heavy atom. The van der Waals surface area contributed by atoms with E-state index in [1.807, 2.05) is 19.0 Å². The van der Waals surface area contributed by atoms with Crippen molar-refractivity contribution in [3.63, 3.8) is 0 Å². The maximum atomic E-state index is 11.5. The average Bonchev–Trinajstić information content (AvgIpc) is 2.71. The first-order chi connectivity index (χ1) is 8.52. The van der Waals surface area contributed by atoms with Crippen LogP contribution in [-0.4, -0.2) is 46.6 Å². The number of anilines is 1. The molecule has 1 unspecified atom stereocenters. The van der Waals surface area contributed by atoms with E-state index in [1.165, 1.54) is 11.3 Å². The standard InChI is InChI=1S/C10H14N4O2S2/c1-14(2)9-7-8(11-6(12-9)5-16-3)13-10(17-7)18(4)15/h5H2,1-4H3. The van der Waals surface area contributed by atoms with E-state index in [2.05, 4.69) is 15.0 Å². The molecule has 0 fully saturated rings. The molecule has 0 aliphatic rings.